The molecular formula is C17H21N5O3. The summed E-state index contributed by atoms with van der Waals surface area (Å²) in [5, 5.41) is 12.2. The van der Waals surface area contributed by atoms with Crippen molar-refractivity contribution < 1.29 is 14.6 Å². The van der Waals surface area contributed by atoms with Crippen molar-refractivity contribution in [3.63, 3.8) is 0 Å². The smallest absolute Gasteiger partial charge is 0.335 e. The SMILES string of the molecule is CNC1CN(c2cc(COCc3cccc(C(=O)O)c3)nc(N)n2)C1. The number of aromatic carboxylic acids is 1. The predicted octanol–water partition coefficient (Wildman–Crippen LogP) is 0.882. The van der Waals surface area contributed by atoms with Crippen LogP contribution in [0.5, 0.6) is 0 Å². The van der Waals surface area contributed by atoms with E-state index in [-0.39, 0.29) is 18.1 Å². The number of nitrogen functional groups attached to an aromatic ring is 1. The van der Waals surface area contributed by atoms with Crippen LogP contribution < -0.4 is 16.0 Å². The normalized spacial score (nSPS) is 14.4. The van der Waals surface area contributed by atoms with Crippen LogP contribution in [-0.2, 0) is 18.0 Å². The van der Waals surface area contributed by atoms with Gasteiger partial charge < -0.3 is 25.8 Å². The van der Waals surface area contributed by atoms with Gasteiger partial charge in [-0.05, 0) is 24.7 Å². The molecule has 132 valence electrons. The fourth-order valence-corrected chi connectivity index (χ4v) is 2.65. The second-order valence-electron chi connectivity index (χ2n) is 5.96. The van der Waals surface area contributed by atoms with Crippen LogP contribution in [0.4, 0.5) is 11.8 Å². The number of nitrogens with zero attached hydrogens (tertiary/aromatic N) is 3. The summed E-state index contributed by atoms with van der Waals surface area (Å²) >= 11 is 0. The summed E-state index contributed by atoms with van der Waals surface area (Å²) < 4.78 is 5.65. The molecule has 1 aromatic carbocycles. The van der Waals surface area contributed by atoms with Crippen molar-refractivity contribution in [2.24, 2.45) is 0 Å². The fraction of sp³-hybridized carbons (Fsp3) is 0.353. The number of carboxylic acid groups (broad SMARTS) is 1. The third-order valence-electron chi connectivity index (χ3n) is 4.09. The summed E-state index contributed by atoms with van der Waals surface area (Å²) in [5.74, 6) is 0.0619. The van der Waals surface area contributed by atoms with E-state index in [9.17, 15) is 4.79 Å². The molecule has 8 nitrogen and oxygen atoms in total. The topological polar surface area (TPSA) is 114 Å². The lowest BCUT2D eigenvalue weighted by Gasteiger charge is -2.40. The number of hydrogen-bond acceptors (Lipinski definition) is 7. The van der Waals surface area contributed by atoms with Gasteiger partial charge in [0.25, 0.3) is 0 Å². The third kappa shape index (κ3) is 4.23. The van der Waals surface area contributed by atoms with Crippen LogP contribution >= 0.6 is 0 Å². The zero-order valence-corrected chi connectivity index (χ0v) is 14.0. The molecule has 1 saturated heterocycles. The fourth-order valence-electron chi connectivity index (χ4n) is 2.65. The van der Waals surface area contributed by atoms with Gasteiger partial charge >= 0.3 is 5.97 Å². The van der Waals surface area contributed by atoms with Gasteiger partial charge in [0.15, 0.2) is 0 Å². The lowest BCUT2D eigenvalue weighted by molar-refractivity contribution is 0.0696. The van der Waals surface area contributed by atoms with Gasteiger partial charge in [-0.3, -0.25) is 0 Å². The van der Waals surface area contributed by atoms with Crippen molar-refractivity contribution in [3.05, 3.63) is 47.2 Å². The highest BCUT2D eigenvalue weighted by atomic mass is 16.5. The molecule has 4 N–H and O–H groups in total. The lowest BCUT2D eigenvalue weighted by atomic mass is 10.1. The molecule has 0 saturated carbocycles. The van der Waals surface area contributed by atoms with Gasteiger partial charge in [-0.15, -0.1) is 0 Å². The van der Waals surface area contributed by atoms with Crippen molar-refractivity contribution >= 4 is 17.7 Å². The Hall–Kier alpha value is -2.71. The first-order valence-electron chi connectivity index (χ1n) is 8.01. The molecule has 2 heterocycles. The van der Waals surface area contributed by atoms with Crippen molar-refractivity contribution in [1.82, 2.24) is 15.3 Å². The zero-order valence-electron chi connectivity index (χ0n) is 14.0. The maximum absolute atomic E-state index is 11.0. The van der Waals surface area contributed by atoms with Gasteiger partial charge in [0.05, 0.1) is 24.5 Å². The van der Waals surface area contributed by atoms with Gasteiger partial charge in [0, 0.05) is 25.2 Å². The molecule has 2 aromatic rings. The number of nitrogens with one attached hydrogen (secondary N) is 1. The van der Waals surface area contributed by atoms with Crippen molar-refractivity contribution in [2.45, 2.75) is 19.3 Å². The maximum Gasteiger partial charge on any atom is 0.335 e. The molecule has 0 radical (unpaired) electrons. The van der Waals surface area contributed by atoms with E-state index < -0.39 is 5.97 Å². The van der Waals surface area contributed by atoms with Crippen LogP contribution in [0.1, 0.15) is 21.6 Å². The lowest BCUT2D eigenvalue weighted by Crippen LogP contribution is -2.57. The Morgan fingerprint density at radius 3 is 2.88 bits per heavy atom. The van der Waals surface area contributed by atoms with Gasteiger partial charge in [-0.25, -0.2) is 9.78 Å². The maximum atomic E-state index is 11.0. The van der Waals surface area contributed by atoms with Crippen LogP contribution in [0.15, 0.2) is 30.3 Å². The molecule has 0 amide bonds. The minimum atomic E-state index is -0.954. The number of ether oxygens (including phenoxy) is 1. The zero-order chi connectivity index (χ0) is 17.8. The Labute approximate surface area is 145 Å². The van der Waals surface area contributed by atoms with Crippen LogP contribution in [0.3, 0.4) is 0 Å². The molecule has 1 aliphatic rings. The third-order valence-corrected chi connectivity index (χ3v) is 4.09. The highest BCUT2D eigenvalue weighted by molar-refractivity contribution is 5.87. The Kier molecular flexibility index (Phi) is 5.11. The van der Waals surface area contributed by atoms with Crippen LogP contribution in [0.2, 0.25) is 0 Å². The minimum absolute atomic E-state index is 0.219. The monoisotopic (exact) mass is 343 g/mol. The first-order valence-corrected chi connectivity index (χ1v) is 8.01. The molecule has 1 fully saturated rings. The van der Waals surface area contributed by atoms with E-state index in [0.717, 1.165) is 24.5 Å². The molecule has 0 spiro atoms. The average molecular weight is 343 g/mol. The first kappa shape index (κ1) is 17.1. The molecule has 0 bridgehead atoms. The number of carboxylic acids is 1. The Balaban J connectivity index is 1.59. The second-order valence-corrected chi connectivity index (χ2v) is 5.96. The van der Waals surface area contributed by atoms with Crippen LogP contribution in [0.25, 0.3) is 0 Å². The van der Waals surface area contributed by atoms with Crippen molar-refractivity contribution in [3.8, 4) is 0 Å². The molecule has 0 unspecified atom stereocenters. The van der Waals surface area contributed by atoms with E-state index in [1.165, 1.54) is 0 Å². The van der Waals surface area contributed by atoms with E-state index >= 15 is 0 Å². The Morgan fingerprint density at radius 2 is 2.16 bits per heavy atom. The minimum Gasteiger partial charge on any atom is -0.478 e. The van der Waals surface area contributed by atoms with Crippen molar-refractivity contribution in [1.29, 1.82) is 0 Å². The van der Waals surface area contributed by atoms with E-state index in [1.54, 1.807) is 18.2 Å². The molecule has 1 aliphatic heterocycles. The Bertz CT molecular complexity index is 762. The number of likely N-dealkylation sites (N-methyl/N-ethyl adjacent to an activating group) is 1. The number of aromatic nitrogens is 2. The number of benzene rings is 1. The summed E-state index contributed by atoms with van der Waals surface area (Å²) in [7, 11) is 1.94. The number of hydrogen-bond donors (Lipinski definition) is 3. The quantitative estimate of drug-likeness (QED) is 0.679. The van der Waals surface area contributed by atoms with E-state index in [2.05, 4.69) is 20.2 Å². The summed E-state index contributed by atoms with van der Waals surface area (Å²) in [4.78, 5) is 21.6. The standard InChI is InChI=1S/C17H21N5O3/c1-19-14-7-22(8-14)15-6-13(20-17(18)21-15)10-25-9-11-3-2-4-12(5-11)16(23)24/h2-6,14,19H,7-10H2,1H3,(H,23,24)(H2,18,20,21). The highest BCUT2D eigenvalue weighted by Crippen LogP contribution is 2.20. The van der Waals surface area contributed by atoms with Crippen molar-refractivity contribution in [2.75, 3.05) is 30.8 Å². The number of nitrogens with two attached hydrogens (primary N) is 1. The number of carbonyl (C=O) groups is 1. The second kappa shape index (κ2) is 7.45. The molecule has 3 rings (SSSR count). The Morgan fingerprint density at radius 1 is 1.36 bits per heavy atom. The molecule has 8 heteroatoms. The van der Waals surface area contributed by atoms with Gasteiger partial charge in [0.2, 0.25) is 5.95 Å². The first-order chi connectivity index (χ1) is 12.0. The largest absolute Gasteiger partial charge is 0.478 e. The summed E-state index contributed by atoms with van der Waals surface area (Å²) in [5.41, 5.74) is 7.53. The molecule has 1 aromatic heterocycles. The summed E-state index contributed by atoms with van der Waals surface area (Å²) in [6.45, 7) is 2.34. The molecule has 25 heavy (non-hydrogen) atoms. The van der Waals surface area contributed by atoms with Crippen LogP contribution in [-0.4, -0.2) is 47.2 Å². The number of rotatable bonds is 7. The molecule has 0 aliphatic carbocycles. The van der Waals surface area contributed by atoms with E-state index in [0.29, 0.717) is 18.3 Å². The highest BCUT2D eigenvalue weighted by Gasteiger charge is 2.26. The summed E-state index contributed by atoms with van der Waals surface area (Å²) in [6, 6.07) is 9.01. The van der Waals surface area contributed by atoms with E-state index in [4.69, 9.17) is 15.6 Å². The van der Waals surface area contributed by atoms with Gasteiger partial charge in [0.1, 0.15) is 5.82 Å². The van der Waals surface area contributed by atoms with Gasteiger partial charge in [-0.1, -0.05) is 12.1 Å². The summed E-state index contributed by atoms with van der Waals surface area (Å²) in [6.07, 6.45) is 0. The number of anilines is 2. The predicted molar refractivity (Wildman–Crippen MR) is 93.4 cm³/mol. The average Bonchev–Trinajstić information content (AvgIpc) is 2.54. The van der Waals surface area contributed by atoms with E-state index in [1.807, 2.05) is 19.2 Å². The molecule has 0 atom stereocenters. The van der Waals surface area contributed by atoms with Crippen LogP contribution in [0, 0.1) is 0 Å². The van der Waals surface area contributed by atoms with Gasteiger partial charge in [-0.2, -0.15) is 4.98 Å². The molecular weight excluding hydrogens is 322 g/mol.